The Morgan fingerprint density at radius 3 is 2.56 bits per heavy atom. The molecule has 1 rings (SSSR count). The van der Waals surface area contributed by atoms with Crippen molar-refractivity contribution in [2.75, 3.05) is 14.1 Å². The van der Waals surface area contributed by atoms with Crippen LogP contribution in [0, 0.1) is 0 Å². The zero-order valence-electron chi connectivity index (χ0n) is 10.4. The minimum absolute atomic E-state index is 0.118. The number of aryl methyl sites for hydroxylation is 1. The predicted octanol–water partition coefficient (Wildman–Crippen LogP) is 1.88. The first kappa shape index (κ1) is 13.2. The highest BCUT2D eigenvalue weighted by atomic mass is 32.1. The summed E-state index contributed by atoms with van der Waals surface area (Å²) in [5.74, 6) is 0.118. The van der Waals surface area contributed by atoms with E-state index >= 15 is 0 Å². The lowest BCUT2D eigenvalue weighted by molar-refractivity contribution is -0.130. The van der Waals surface area contributed by atoms with Crippen molar-refractivity contribution in [2.45, 2.75) is 32.9 Å². The third-order valence-corrected chi connectivity index (χ3v) is 3.69. The van der Waals surface area contributed by atoms with Gasteiger partial charge in [-0.15, -0.1) is 11.3 Å². The van der Waals surface area contributed by atoms with Crippen LogP contribution in [0.4, 0.5) is 0 Å². The molecule has 0 spiro atoms. The third-order valence-electron chi connectivity index (χ3n) is 2.46. The lowest BCUT2D eigenvalue weighted by Crippen LogP contribution is -2.40. The highest BCUT2D eigenvalue weighted by Gasteiger charge is 2.13. The van der Waals surface area contributed by atoms with E-state index in [1.165, 1.54) is 9.75 Å². The van der Waals surface area contributed by atoms with Gasteiger partial charge in [-0.1, -0.05) is 6.92 Å². The zero-order valence-corrected chi connectivity index (χ0v) is 11.2. The van der Waals surface area contributed by atoms with Crippen LogP contribution in [0.3, 0.4) is 0 Å². The normalized spacial score (nSPS) is 12.5. The SMILES string of the molecule is CCc1ccc(CNC(C)C(=O)N(C)C)s1. The van der Waals surface area contributed by atoms with Crippen molar-refractivity contribution in [2.24, 2.45) is 0 Å². The molecule has 0 saturated carbocycles. The summed E-state index contributed by atoms with van der Waals surface area (Å²) in [6.07, 6.45) is 1.08. The predicted molar refractivity (Wildman–Crippen MR) is 68.7 cm³/mol. The Balaban J connectivity index is 2.42. The molecule has 1 aromatic heterocycles. The first-order valence-corrected chi connectivity index (χ1v) is 6.38. The van der Waals surface area contributed by atoms with E-state index in [1.54, 1.807) is 19.0 Å². The monoisotopic (exact) mass is 240 g/mol. The van der Waals surface area contributed by atoms with Gasteiger partial charge in [-0.25, -0.2) is 0 Å². The van der Waals surface area contributed by atoms with Gasteiger partial charge >= 0.3 is 0 Å². The molecule has 0 radical (unpaired) electrons. The van der Waals surface area contributed by atoms with Gasteiger partial charge in [0.2, 0.25) is 5.91 Å². The summed E-state index contributed by atoms with van der Waals surface area (Å²) in [5, 5.41) is 3.24. The molecular formula is C12H20N2OS. The van der Waals surface area contributed by atoms with Gasteiger partial charge in [0.25, 0.3) is 0 Å². The number of likely N-dealkylation sites (N-methyl/N-ethyl adjacent to an activating group) is 1. The van der Waals surface area contributed by atoms with E-state index in [9.17, 15) is 4.79 Å². The van der Waals surface area contributed by atoms with Crippen LogP contribution >= 0.6 is 11.3 Å². The maximum atomic E-state index is 11.6. The van der Waals surface area contributed by atoms with Crippen LogP contribution in [-0.2, 0) is 17.8 Å². The largest absolute Gasteiger partial charge is 0.347 e. The quantitative estimate of drug-likeness (QED) is 0.852. The topological polar surface area (TPSA) is 32.3 Å². The molecule has 1 atom stereocenters. The number of hydrogen-bond acceptors (Lipinski definition) is 3. The average molecular weight is 240 g/mol. The molecule has 3 nitrogen and oxygen atoms in total. The first-order chi connectivity index (χ1) is 7.54. The summed E-state index contributed by atoms with van der Waals surface area (Å²) in [4.78, 5) is 15.9. The smallest absolute Gasteiger partial charge is 0.238 e. The second kappa shape index (κ2) is 6.01. The molecule has 0 aromatic carbocycles. The Hall–Kier alpha value is -0.870. The molecule has 16 heavy (non-hydrogen) atoms. The Morgan fingerprint density at radius 1 is 1.44 bits per heavy atom. The second-order valence-corrected chi connectivity index (χ2v) is 5.31. The van der Waals surface area contributed by atoms with Crippen molar-refractivity contribution in [3.05, 3.63) is 21.9 Å². The molecule has 1 amide bonds. The number of amides is 1. The number of hydrogen-bond donors (Lipinski definition) is 1. The van der Waals surface area contributed by atoms with E-state index in [0.29, 0.717) is 0 Å². The molecule has 0 aliphatic carbocycles. The van der Waals surface area contributed by atoms with Gasteiger partial charge in [0.15, 0.2) is 0 Å². The van der Waals surface area contributed by atoms with Crippen molar-refractivity contribution in [3.8, 4) is 0 Å². The van der Waals surface area contributed by atoms with Crippen LogP contribution in [0.15, 0.2) is 12.1 Å². The Morgan fingerprint density at radius 2 is 2.06 bits per heavy atom. The summed E-state index contributed by atoms with van der Waals surface area (Å²) in [5.41, 5.74) is 0. The Bertz CT molecular complexity index is 347. The van der Waals surface area contributed by atoms with Crippen LogP contribution in [0.2, 0.25) is 0 Å². The fraction of sp³-hybridized carbons (Fsp3) is 0.583. The number of nitrogens with one attached hydrogen (secondary N) is 1. The summed E-state index contributed by atoms with van der Waals surface area (Å²) in [6.45, 7) is 4.82. The van der Waals surface area contributed by atoms with E-state index in [-0.39, 0.29) is 11.9 Å². The number of nitrogens with zero attached hydrogens (tertiary/aromatic N) is 1. The first-order valence-electron chi connectivity index (χ1n) is 5.56. The fourth-order valence-corrected chi connectivity index (χ4v) is 2.34. The van der Waals surface area contributed by atoms with Crippen molar-refractivity contribution in [1.29, 1.82) is 0 Å². The summed E-state index contributed by atoms with van der Waals surface area (Å²) in [7, 11) is 3.56. The van der Waals surface area contributed by atoms with Crippen molar-refractivity contribution >= 4 is 17.2 Å². The highest BCUT2D eigenvalue weighted by Crippen LogP contribution is 2.16. The van der Waals surface area contributed by atoms with Gasteiger partial charge in [-0.3, -0.25) is 4.79 Å². The minimum Gasteiger partial charge on any atom is -0.347 e. The Labute approximate surface area is 101 Å². The van der Waals surface area contributed by atoms with Gasteiger partial charge in [-0.05, 0) is 25.5 Å². The van der Waals surface area contributed by atoms with E-state index in [4.69, 9.17) is 0 Å². The van der Waals surface area contributed by atoms with Crippen LogP contribution in [0.25, 0.3) is 0 Å². The lowest BCUT2D eigenvalue weighted by Gasteiger charge is -2.17. The van der Waals surface area contributed by atoms with Crippen LogP contribution in [-0.4, -0.2) is 30.9 Å². The standard InChI is InChI=1S/C12H20N2OS/c1-5-10-6-7-11(16-10)8-13-9(2)12(15)14(3)4/h6-7,9,13H,5,8H2,1-4H3. The van der Waals surface area contributed by atoms with Gasteiger partial charge < -0.3 is 10.2 Å². The van der Waals surface area contributed by atoms with Crippen LogP contribution < -0.4 is 5.32 Å². The van der Waals surface area contributed by atoms with Gasteiger partial charge in [0, 0.05) is 30.4 Å². The second-order valence-electron chi connectivity index (χ2n) is 4.06. The average Bonchev–Trinajstić information content (AvgIpc) is 2.72. The Kier molecular flexibility index (Phi) is 4.96. The van der Waals surface area contributed by atoms with Crippen LogP contribution in [0.1, 0.15) is 23.6 Å². The van der Waals surface area contributed by atoms with Crippen molar-refractivity contribution in [1.82, 2.24) is 10.2 Å². The van der Waals surface area contributed by atoms with Crippen LogP contribution in [0.5, 0.6) is 0 Å². The summed E-state index contributed by atoms with van der Waals surface area (Å²) in [6, 6.07) is 4.16. The minimum atomic E-state index is -0.123. The number of carbonyl (C=O) groups is 1. The number of carbonyl (C=O) groups excluding carboxylic acids is 1. The van der Waals surface area contributed by atoms with Gasteiger partial charge in [-0.2, -0.15) is 0 Å². The molecule has 1 aromatic rings. The lowest BCUT2D eigenvalue weighted by atomic mass is 10.3. The maximum Gasteiger partial charge on any atom is 0.238 e. The van der Waals surface area contributed by atoms with E-state index < -0.39 is 0 Å². The van der Waals surface area contributed by atoms with E-state index in [0.717, 1.165) is 13.0 Å². The number of thiophene rings is 1. The molecule has 0 saturated heterocycles. The third kappa shape index (κ3) is 3.61. The molecule has 1 unspecified atom stereocenters. The van der Waals surface area contributed by atoms with Crippen molar-refractivity contribution < 1.29 is 4.79 Å². The molecule has 90 valence electrons. The molecule has 0 fully saturated rings. The summed E-state index contributed by atoms with van der Waals surface area (Å²) < 4.78 is 0. The van der Waals surface area contributed by atoms with Crippen molar-refractivity contribution in [3.63, 3.8) is 0 Å². The molecular weight excluding hydrogens is 220 g/mol. The number of rotatable bonds is 5. The van der Waals surface area contributed by atoms with E-state index in [1.807, 2.05) is 18.3 Å². The van der Waals surface area contributed by atoms with Gasteiger partial charge in [0.1, 0.15) is 0 Å². The van der Waals surface area contributed by atoms with Gasteiger partial charge in [0.05, 0.1) is 6.04 Å². The molecule has 0 bridgehead atoms. The zero-order chi connectivity index (χ0) is 12.1. The fourth-order valence-electron chi connectivity index (χ4n) is 1.44. The highest BCUT2D eigenvalue weighted by molar-refractivity contribution is 7.11. The summed E-state index contributed by atoms with van der Waals surface area (Å²) >= 11 is 1.81. The molecule has 1 N–H and O–H groups in total. The molecule has 0 aliphatic rings. The molecule has 0 aliphatic heterocycles. The van der Waals surface area contributed by atoms with E-state index in [2.05, 4.69) is 24.4 Å². The molecule has 1 heterocycles. The molecule has 4 heteroatoms. The maximum absolute atomic E-state index is 11.6.